The second-order valence-electron chi connectivity index (χ2n) is 4.30. The Morgan fingerprint density at radius 3 is 2.90 bits per heavy atom. The highest BCUT2D eigenvalue weighted by Crippen LogP contribution is 2.31. The summed E-state index contributed by atoms with van der Waals surface area (Å²) >= 11 is 1.42. The summed E-state index contributed by atoms with van der Waals surface area (Å²) in [5.41, 5.74) is 0.588. The van der Waals surface area contributed by atoms with E-state index in [1.807, 2.05) is 0 Å². The van der Waals surface area contributed by atoms with Crippen molar-refractivity contribution in [3.63, 3.8) is 0 Å². The zero-order valence-electron chi connectivity index (χ0n) is 11.9. The topological polar surface area (TPSA) is 77.4 Å². The van der Waals surface area contributed by atoms with Crippen LogP contribution in [-0.4, -0.2) is 55.3 Å². The summed E-state index contributed by atoms with van der Waals surface area (Å²) < 4.78 is 15.0. The number of aliphatic imine (C=N–C) groups is 1. The van der Waals surface area contributed by atoms with E-state index in [2.05, 4.69) is 9.73 Å². The van der Waals surface area contributed by atoms with Crippen LogP contribution >= 0.6 is 11.8 Å². The third-order valence-corrected chi connectivity index (χ3v) is 3.96. The van der Waals surface area contributed by atoms with Gasteiger partial charge in [0.25, 0.3) is 0 Å². The number of carbonyl (C=O) groups excluding carboxylic acids is 1. The normalized spacial score (nSPS) is 17.4. The molecule has 1 unspecified atom stereocenters. The van der Waals surface area contributed by atoms with E-state index in [1.54, 1.807) is 19.2 Å². The molecule has 1 heterocycles. The summed E-state index contributed by atoms with van der Waals surface area (Å²) in [5, 5.41) is 10.7. The number of hydrogen-bond donors (Lipinski definition) is 1. The predicted molar refractivity (Wildman–Crippen MR) is 80.3 cm³/mol. The SMILES string of the molecule is COCCOc1ccc(C2=NC(C(=O)OC)CS2)c(O)c1. The molecular weight excluding hydrogens is 294 g/mol. The van der Waals surface area contributed by atoms with Crippen molar-refractivity contribution < 1.29 is 24.1 Å². The highest BCUT2D eigenvalue weighted by atomic mass is 32.2. The minimum Gasteiger partial charge on any atom is -0.507 e. The van der Waals surface area contributed by atoms with Gasteiger partial charge in [0.15, 0.2) is 6.04 Å². The molecule has 0 aromatic heterocycles. The average Bonchev–Trinajstić information content (AvgIpc) is 2.96. The summed E-state index contributed by atoms with van der Waals surface area (Å²) in [6.45, 7) is 0.890. The molecule has 0 radical (unpaired) electrons. The number of hydrogen-bond acceptors (Lipinski definition) is 7. The summed E-state index contributed by atoms with van der Waals surface area (Å²) in [5.74, 6) is 0.785. The van der Waals surface area contributed by atoms with Crippen LogP contribution in [0.4, 0.5) is 0 Å². The number of ether oxygens (including phenoxy) is 3. The van der Waals surface area contributed by atoms with Crippen molar-refractivity contribution in [2.75, 3.05) is 33.2 Å². The van der Waals surface area contributed by atoms with Gasteiger partial charge in [-0.2, -0.15) is 0 Å². The van der Waals surface area contributed by atoms with Gasteiger partial charge in [-0.25, -0.2) is 4.79 Å². The fraction of sp³-hybridized carbons (Fsp3) is 0.429. The van der Waals surface area contributed by atoms with Crippen LogP contribution < -0.4 is 4.74 Å². The zero-order valence-corrected chi connectivity index (χ0v) is 12.7. The van der Waals surface area contributed by atoms with Gasteiger partial charge in [-0.1, -0.05) is 0 Å². The lowest BCUT2D eigenvalue weighted by molar-refractivity contribution is -0.141. The minimum absolute atomic E-state index is 0.0710. The fourth-order valence-electron chi connectivity index (χ4n) is 1.80. The van der Waals surface area contributed by atoms with Gasteiger partial charge in [0.2, 0.25) is 0 Å². The van der Waals surface area contributed by atoms with Crippen LogP contribution in [0.2, 0.25) is 0 Å². The van der Waals surface area contributed by atoms with Crippen molar-refractivity contribution in [1.82, 2.24) is 0 Å². The first-order valence-electron chi connectivity index (χ1n) is 6.39. The molecule has 1 aromatic rings. The average molecular weight is 311 g/mol. The number of methoxy groups -OCH3 is 2. The Kier molecular flexibility index (Phi) is 5.46. The van der Waals surface area contributed by atoms with E-state index < -0.39 is 6.04 Å². The maximum absolute atomic E-state index is 11.4. The number of esters is 1. The Balaban J connectivity index is 2.09. The van der Waals surface area contributed by atoms with E-state index in [4.69, 9.17) is 9.47 Å². The maximum atomic E-state index is 11.4. The van der Waals surface area contributed by atoms with Gasteiger partial charge < -0.3 is 19.3 Å². The molecule has 0 amide bonds. The van der Waals surface area contributed by atoms with Gasteiger partial charge in [-0.3, -0.25) is 4.99 Å². The maximum Gasteiger partial charge on any atom is 0.331 e. The molecular formula is C14H17NO5S. The molecule has 114 valence electrons. The number of nitrogens with zero attached hydrogens (tertiary/aromatic N) is 1. The van der Waals surface area contributed by atoms with Crippen LogP contribution in [0, 0.1) is 0 Å². The zero-order chi connectivity index (χ0) is 15.2. The smallest absolute Gasteiger partial charge is 0.331 e. The standard InChI is InChI=1S/C14H17NO5S/c1-18-5-6-20-9-3-4-10(12(16)7-9)13-15-11(8-21-13)14(17)19-2/h3-4,7,11,16H,5-6,8H2,1-2H3. The van der Waals surface area contributed by atoms with Crippen LogP contribution in [0.1, 0.15) is 5.56 Å². The fourth-order valence-corrected chi connectivity index (χ4v) is 2.86. The number of thioether (sulfide) groups is 1. The van der Waals surface area contributed by atoms with E-state index in [0.717, 1.165) is 0 Å². The van der Waals surface area contributed by atoms with E-state index in [9.17, 15) is 9.90 Å². The molecule has 0 spiro atoms. The van der Waals surface area contributed by atoms with Crippen LogP contribution in [-0.2, 0) is 14.3 Å². The Bertz CT molecular complexity index is 546. The molecule has 0 saturated heterocycles. The van der Waals surface area contributed by atoms with Crippen LogP contribution in [0.15, 0.2) is 23.2 Å². The molecule has 0 saturated carbocycles. The predicted octanol–water partition coefficient (Wildman–Crippen LogP) is 1.45. The first-order valence-corrected chi connectivity index (χ1v) is 7.37. The molecule has 2 rings (SSSR count). The van der Waals surface area contributed by atoms with Crippen molar-refractivity contribution in [2.45, 2.75) is 6.04 Å². The monoisotopic (exact) mass is 311 g/mol. The summed E-state index contributed by atoms with van der Waals surface area (Å²) in [4.78, 5) is 15.7. The number of phenols is 1. The van der Waals surface area contributed by atoms with Crippen LogP contribution in [0.5, 0.6) is 11.5 Å². The first kappa shape index (κ1) is 15.7. The Hall–Kier alpha value is -1.73. The lowest BCUT2D eigenvalue weighted by Crippen LogP contribution is -2.19. The van der Waals surface area contributed by atoms with Gasteiger partial charge in [0, 0.05) is 24.5 Å². The molecule has 1 N–H and O–H groups in total. The molecule has 1 aliphatic rings. The van der Waals surface area contributed by atoms with E-state index in [0.29, 0.717) is 35.3 Å². The lowest BCUT2D eigenvalue weighted by Gasteiger charge is -2.08. The van der Waals surface area contributed by atoms with Crippen LogP contribution in [0.25, 0.3) is 0 Å². The highest BCUT2D eigenvalue weighted by Gasteiger charge is 2.27. The van der Waals surface area contributed by atoms with Gasteiger partial charge in [0.1, 0.15) is 23.1 Å². The summed E-state index contributed by atoms with van der Waals surface area (Å²) in [7, 11) is 2.93. The minimum atomic E-state index is -0.507. The third-order valence-electron chi connectivity index (χ3n) is 2.88. The molecule has 7 heteroatoms. The molecule has 6 nitrogen and oxygen atoms in total. The van der Waals surface area contributed by atoms with Crippen molar-refractivity contribution in [3.8, 4) is 11.5 Å². The molecule has 0 aliphatic carbocycles. The second kappa shape index (κ2) is 7.33. The molecule has 0 bridgehead atoms. The Labute approximate surface area is 127 Å². The number of phenolic OH excluding ortho intramolecular Hbond substituents is 1. The van der Waals surface area contributed by atoms with Crippen molar-refractivity contribution in [3.05, 3.63) is 23.8 Å². The van der Waals surface area contributed by atoms with Gasteiger partial charge in [-0.05, 0) is 12.1 Å². The summed E-state index contributed by atoms with van der Waals surface area (Å²) in [6.07, 6.45) is 0. The van der Waals surface area contributed by atoms with Gasteiger partial charge in [-0.15, -0.1) is 11.8 Å². The van der Waals surface area contributed by atoms with Crippen LogP contribution in [0.3, 0.4) is 0 Å². The van der Waals surface area contributed by atoms with Crippen molar-refractivity contribution >= 4 is 22.8 Å². The molecule has 0 fully saturated rings. The van der Waals surface area contributed by atoms with Gasteiger partial charge >= 0.3 is 5.97 Å². The number of aromatic hydroxyl groups is 1. The van der Waals surface area contributed by atoms with Gasteiger partial charge in [0.05, 0.1) is 13.7 Å². The van der Waals surface area contributed by atoms with E-state index in [-0.39, 0.29) is 11.7 Å². The molecule has 1 aromatic carbocycles. The summed E-state index contributed by atoms with van der Waals surface area (Å²) in [6, 6.07) is 4.49. The van der Waals surface area contributed by atoms with Crippen molar-refractivity contribution in [2.24, 2.45) is 4.99 Å². The molecule has 1 aliphatic heterocycles. The quantitative estimate of drug-likeness (QED) is 0.633. The number of rotatable bonds is 6. The molecule has 21 heavy (non-hydrogen) atoms. The lowest BCUT2D eigenvalue weighted by atomic mass is 10.2. The largest absolute Gasteiger partial charge is 0.507 e. The first-order chi connectivity index (χ1) is 10.2. The van der Waals surface area contributed by atoms with E-state index >= 15 is 0 Å². The number of benzene rings is 1. The third kappa shape index (κ3) is 3.89. The highest BCUT2D eigenvalue weighted by molar-refractivity contribution is 8.14. The van der Waals surface area contributed by atoms with Crippen molar-refractivity contribution in [1.29, 1.82) is 0 Å². The Morgan fingerprint density at radius 1 is 1.43 bits per heavy atom. The van der Waals surface area contributed by atoms with E-state index in [1.165, 1.54) is 24.9 Å². The number of carbonyl (C=O) groups is 1. The second-order valence-corrected chi connectivity index (χ2v) is 5.31. The Morgan fingerprint density at radius 2 is 2.24 bits per heavy atom. The molecule has 1 atom stereocenters.